The summed E-state index contributed by atoms with van der Waals surface area (Å²) in [6.07, 6.45) is 1.62. The van der Waals surface area contributed by atoms with Crippen molar-refractivity contribution in [1.29, 1.82) is 0 Å². The Labute approximate surface area is 122 Å². The summed E-state index contributed by atoms with van der Waals surface area (Å²) in [4.78, 5) is 16.1. The molecule has 0 atom stereocenters. The van der Waals surface area contributed by atoms with Gasteiger partial charge in [0.2, 0.25) is 5.88 Å². The van der Waals surface area contributed by atoms with Crippen LogP contribution in [-0.2, 0) is 4.74 Å². The number of pyridine rings is 1. The van der Waals surface area contributed by atoms with Crippen LogP contribution in [0.25, 0.3) is 0 Å². The predicted molar refractivity (Wildman–Crippen MR) is 80.9 cm³/mol. The van der Waals surface area contributed by atoms with E-state index in [1.54, 1.807) is 50.6 Å². The zero-order valence-corrected chi connectivity index (χ0v) is 11.9. The van der Waals surface area contributed by atoms with Gasteiger partial charge in [-0.3, -0.25) is 0 Å². The second-order valence-electron chi connectivity index (χ2n) is 4.24. The third kappa shape index (κ3) is 3.62. The number of hydrogen-bond acceptors (Lipinski definition) is 6. The first kappa shape index (κ1) is 14.6. The first-order chi connectivity index (χ1) is 10.1. The number of methoxy groups -OCH3 is 1. The van der Waals surface area contributed by atoms with Gasteiger partial charge < -0.3 is 20.5 Å². The molecular formula is C15H17N3O3. The van der Waals surface area contributed by atoms with Crippen molar-refractivity contribution in [2.24, 2.45) is 0 Å². The van der Waals surface area contributed by atoms with Gasteiger partial charge in [-0.2, -0.15) is 0 Å². The van der Waals surface area contributed by atoms with Crippen LogP contribution in [0.3, 0.4) is 0 Å². The minimum absolute atomic E-state index is 0.303. The van der Waals surface area contributed by atoms with E-state index in [-0.39, 0.29) is 0 Å². The minimum atomic E-state index is -0.422. The number of carbonyl (C=O) groups excluding carboxylic acids is 1. The highest BCUT2D eigenvalue weighted by molar-refractivity contribution is 5.97. The van der Waals surface area contributed by atoms with Crippen LogP contribution in [0.5, 0.6) is 5.88 Å². The first-order valence-corrected chi connectivity index (χ1v) is 6.47. The SMILES string of the molecule is CCOC(=O)c1cc(N)ccc1Nc1ccc(OC)nc1. The van der Waals surface area contributed by atoms with Gasteiger partial charge in [-0.05, 0) is 31.2 Å². The Morgan fingerprint density at radius 1 is 1.33 bits per heavy atom. The quantitative estimate of drug-likeness (QED) is 0.649. The summed E-state index contributed by atoms with van der Waals surface area (Å²) in [5.41, 5.74) is 7.94. The number of nitrogens with one attached hydrogen (secondary N) is 1. The van der Waals surface area contributed by atoms with Crippen LogP contribution in [0.4, 0.5) is 17.1 Å². The molecule has 0 bridgehead atoms. The van der Waals surface area contributed by atoms with Crippen LogP contribution in [0.15, 0.2) is 36.5 Å². The summed E-state index contributed by atoms with van der Waals surface area (Å²) in [7, 11) is 1.55. The fourth-order valence-electron chi connectivity index (χ4n) is 1.78. The van der Waals surface area contributed by atoms with Crippen molar-refractivity contribution in [1.82, 2.24) is 4.98 Å². The smallest absolute Gasteiger partial charge is 0.340 e. The van der Waals surface area contributed by atoms with Crippen molar-refractivity contribution in [3.63, 3.8) is 0 Å². The molecule has 21 heavy (non-hydrogen) atoms. The lowest BCUT2D eigenvalue weighted by atomic mass is 10.1. The standard InChI is InChI=1S/C15H17N3O3/c1-3-21-15(19)12-8-10(16)4-6-13(12)18-11-5-7-14(20-2)17-9-11/h4-9,18H,3,16H2,1-2H3. The summed E-state index contributed by atoms with van der Waals surface area (Å²) in [6.45, 7) is 2.06. The average Bonchev–Trinajstić information content (AvgIpc) is 2.50. The van der Waals surface area contributed by atoms with E-state index in [1.807, 2.05) is 0 Å². The van der Waals surface area contributed by atoms with Gasteiger partial charge in [0, 0.05) is 11.8 Å². The van der Waals surface area contributed by atoms with Crippen LogP contribution in [0, 0.1) is 0 Å². The molecule has 1 heterocycles. The third-order valence-corrected chi connectivity index (χ3v) is 2.76. The molecule has 0 aliphatic carbocycles. The van der Waals surface area contributed by atoms with Crippen molar-refractivity contribution in [2.75, 3.05) is 24.8 Å². The fourth-order valence-corrected chi connectivity index (χ4v) is 1.78. The van der Waals surface area contributed by atoms with Crippen LogP contribution in [0.1, 0.15) is 17.3 Å². The van der Waals surface area contributed by atoms with E-state index in [1.165, 1.54) is 0 Å². The number of nitrogens with zero attached hydrogens (tertiary/aromatic N) is 1. The molecule has 0 radical (unpaired) electrons. The molecule has 0 aliphatic heterocycles. The molecule has 6 nitrogen and oxygen atoms in total. The number of esters is 1. The van der Waals surface area contributed by atoms with Crippen molar-refractivity contribution in [2.45, 2.75) is 6.92 Å². The molecule has 0 unspecified atom stereocenters. The van der Waals surface area contributed by atoms with Gasteiger partial charge >= 0.3 is 5.97 Å². The molecule has 0 aliphatic rings. The molecule has 2 aromatic rings. The van der Waals surface area contributed by atoms with E-state index in [0.29, 0.717) is 29.4 Å². The highest BCUT2D eigenvalue weighted by atomic mass is 16.5. The third-order valence-electron chi connectivity index (χ3n) is 2.76. The Morgan fingerprint density at radius 3 is 2.76 bits per heavy atom. The van der Waals surface area contributed by atoms with Crippen LogP contribution >= 0.6 is 0 Å². The van der Waals surface area contributed by atoms with Gasteiger partial charge in [0.05, 0.1) is 36.9 Å². The summed E-state index contributed by atoms with van der Waals surface area (Å²) in [5.74, 6) is 0.0947. The Kier molecular flexibility index (Phi) is 4.61. The number of ether oxygens (including phenoxy) is 2. The molecule has 3 N–H and O–H groups in total. The maximum atomic E-state index is 12.0. The van der Waals surface area contributed by atoms with Crippen LogP contribution < -0.4 is 15.8 Å². The fraction of sp³-hybridized carbons (Fsp3) is 0.200. The number of rotatable bonds is 5. The Morgan fingerprint density at radius 2 is 2.14 bits per heavy atom. The maximum Gasteiger partial charge on any atom is 0.340 e. The lowest BCUT2D eigenvalue weighted by Crippen LogP contribution is -2.08. The molecule has 0 spiro atoms. The lowest BCUT2D eigenvalue weighted by Gasteiger charge is -2.12. The van der Waals surface area contributed by atoms with E-state index in [4.69, 9.17) is 15.2 Å². The molecule has 1 aromatic carbocycles. The zero-order chi connectivity index (χ0) is 15.2. The van der Waals surface area contributed by atoms with E-state index in [9.17, 15) is 4.79 Å². The average molecular weight is 287 g/mol. The van der Waals surface area contributed by atoms with E-state index in [0.717, 1.165) is 5.69 Å². The second-order valence-corrected chi connectivity index (χ2v) is 4.24. The van der Waals surface area contributed by atoms with Gasteiger partial charge in [-0.1, -0.05) is 0 Å². The van der Waals surface area contributed by atoms with Crippen molar-refractivity contribution in [3.8, 4) is 5.88 Å². The minimum Gasteiger partial charge on any atom is -0.481 e. The van der Waals surface area contributed by atoms with E-state index >= 15 is 0 Å². The number of anilines is 3. The number of benzene rings is 1. The summed E-state index contributed by atoms with van der Waals surface area (Å²) < 4.78 is 10.0. The highest BCUT2D eigenvalue weighted by Crippen LogP contribution is 2.24. The summed E-state index contributed by atoms with van der Waals surface area (Å²) in [5, 5.41) is 3.12. The molecule has 6 heteroatoms. The zero-order valence-electron chi connectivity index (χ0n) is 11.9. The predicted octanol–water partition coefficient (Wildman–Crippen LogP) is 2.59. The monoisotopic (exact) mass is 287 g/mol. The van der Waals surface area contributed by atoms with Gasteiger partial charge in [-0.15, -0.1) is 0 Å². The topological polar surface area (TPSA) is 86.5 Å². The van der Waals surface area contributed by atoms with Gasteiger partial charge in [0.1, 0.15) is 0 Å². The largest absolute Gasteiger partial charge is 0.481 e. The molecule has 0 saturated carbocycles. The number of hydrogen-bond donors (Lipinski definition) is 2. The number of aromatic nitrogens is 1. The second kappa shape index (κ2) is 6.60. The Bertz CT molecular complexity index is 627. The maximum absolute atomic E-state index is 12.0. The molecule has 2 rings (SSSR count). The van der Waals surface area contributed by atoms with Crippen LogP contribution in [0.2, 0.25) is 0 Å². The first-order valence-electron chi connectivity index (χ1n) is 6.47. The van der Waals surface area contributed by atoms with Gasteiger partial charge in [0.15, 0.2) is 0 Å². The lowest BCUT2D eigenvalue weighted by molar-refractivity contribution is 0.0527. The molecule has 0 fully saturated rings. The molecular weight excluding hydrogens is 270 g/mol. The van der Waals surface area contributed by atoms with Crippen molar-refractivity contribution < 1.29 is 14.3 Å². The molecule has 110 valence electrons. The van der Waals surface area contributed by atoms with E-state index < -0.39 is 5.97 Å². The summed E-state index contributed by atoms with van der Waals surface area (Å²) in [6, 6.07) is 8.55. The van der Waals surface area contributed by atoms with Gasteiger partial charge in [-0.25, -0.2) is 9.78 Å². The van der Waals surface area contributed by atoms with Gasteiger partial charge in [0.25, 0.3) is 0 Å². The molecule has 0 amide bonds. The summed E-state index contributed by atoms with van der Waals surface area (Å²) >= 11 is 0. The highest BCUT2D eigenvalue weighted by Gasteiger charge is 2.13. The van der Waals surface area contributed by atoms with Crippen LogP contribution in [-0.4, -0.2) is 24.7 Å². The molecule has 1 aromatic heterocycles. The van der Waals surface area contributed by atoms with Crippen molar-refractivity contribution in [3.05, 3.63) is 42.1 Å². The van der Waals surface area contributed by atoms with Crippen molar-refractivity contribution >= 4 is 23.0 Å². The van der Waals surface area contributed by atoms with E-state index in [2.05, 4.69) is 10.3 Å². The number of nitrogens with two attached hydrogens (primary N) is 1. The molecule has 0 saturated heterocycles. The Balaban J connectivity index is 2.27. The number of carbonyl (C=O) groups is 1. The Hall–Kier alpha value is -2.76. The number of nitrogen functional groups attached to an aromatic ring is 1. The normalized spacial score (nSPS) is 10.0.